The largest absolute Gasteiger partial charge is 0.254 e. The van der Waals surface area contributed by atoms with Crippen LogP contribution in [0.4, 0.5) is 0 Å². The van der Waals surface area contributed by atoms with Gasteiger partial charge >= 0.3 is 0 Å². The lowest BCUT2D eigenvalue weighted by molar-refractivity contribution is 0.973. The molecule has 0 aliphatic carbocycles. The average molecular weight is 246 g/mol. The molecule has 0 aliphatic rings. The Bertz CT molecular complexity index is 430. The molecular weight excluding hydrogens is 241 g/mol. The van der Waals surface area contributed by atoms with Crippen molar-refractivity contribution < 1.29 is 0 Å². The van der Waals surface area contributed by atoms with Gasteiger partial charge in [-0.25, -0.2) is 4.98 Å². The number of aromatic nitrogens is 3. The number of hydrogen-bond donors (Lipinski definition) is 1. The molecule has 3 nitrogen and oxygen atoms in total. The van der Waals surface area contributed by atoms with Gasteiger partial charge in [-0.2, -0.15) is 5.10 Å². The van der Waals surface area contributed by atoms with E-state index in [-0.39, 0.29) is 0 Å². The molecule has 1 aromatic heterocycles. The molecule has 0 aliphatic heterocycles. The molecule has 0 saturated carbocycles. The summed E-state index contributed by atoms with van der Waals surface area (Å²) in [5.41, 5.74) is 0. The van der Waals surface area contributed by atoms with Gasteiger partial charge in [0.25, 0.3) is 0 Å². The molecule has 1 aromatic carbocycles. The Morgan fingerprint density at radius 3 is 2.79 bits per heavy atom. The van der Waals surface area contributed by atoms with Crippen LogP contribution in [0.2, 0.25) is 10.0 Å². The number of halogens is 2. The van der Waals surface area contributed by atoms with E-state index in [9.17, 15) is 0 Å². The summed E-state index contributed by atoms with van der Waals surface area (Å²) in [6, 6.07) is 5.33. The smallest absolute Gasteiger partial charge is 0.188 e. The molecule has 1 heterocycles. The minimum absolute atomic E-state index is 0.610. The highest BCUT2D eigenvalue weighted by molar-refractivity contribution is 7.99. The fourth-order valence-corrected chi connectivity index (χ4v) is 2.13. The average Bonchev–Trinajstić information content (AvgIpc) is 2.62. The summed E-state index contributed by atoms with van der Waals surface area (Å²) in [6.45, 7) is 0. The first-order chi connectivity index (χ1) is 6.75. The number of benzene rings is 1. The molecular formula is C8H5Cl2N3S. The van der Waals surface area contributed by atoms with E-state index in [2.05, 4.69) is 15.2 Å². The van der Waals surface area contributed by atoms with Crippen LogP contribution in [-0.2, 0) is 0 Å². The third-order valence-corrected chi connectivity index (χ3v) is 3.12. The highest BCUT2D eigenvalue weighted by Crippen LogP contribution is 2.32. The first-order valence-electron chi connectivity index (χ1n) is 3.74. The van der Waals surface area contributed by atoms with Gasteiger partial charge in [0.2, 0.25) is 0 Å². The Labute approximate surface area is 94.8 Å². The van der Waals surface area contributed by atoms with Gasteiger partial charge < -0.3 is 0 Å². The summed E-state index contributed by atoms with van der Waals surface area (Å²) in [5, 5.41) is 8.41. The number of nitrogens with zero attached hydrogens (tertiary/aromatic N) is 2. The summed E-state index contributed by atoms with van der Waals surface area (Å²) in [5.74, 6) is 0. The number of aromatic amines is 1. The SMILES string of the molecule is Clc1ccc(Sc2ncn[nH]2)c(Cl)c1. The second kappa shape index (κ2) is 4.21. The van der Waals surface area contributed by atoms with Crippen LogP contribution in [0.3, 0.4) is 0 Å². The van der Waals surface area contributed by atoms with E-state index >= 15 is 0 Å². The molecule has 0 atom stereocenters. The second-order valence-corrected chi connectivity index (χ2v) is 4.34. The minimum Gasteiger partial charge on any atom is -0.254 e. The lowest BCUT2D eigenvalue weighted by Gasteiger charge is -2.00. The van der Waals surface area contributed by atoms with E-state index in [0.29, 0.717) is 15.2 Å². The van der Waals surface area contributed by atoms with Crippen LogP contribution in [0.1, 0.15) is 0 Å². The van der Waals surface area contributed by atoms with Gasteiger partial charge in [-0.15, -0.1) is 0 Å². The van der Waals surface area contributed by atoms with Crippen molar-refractivity contribution in [3.63, 3.8) is 0 Å². The van der Waals surface area contributed by atoms with Gasteiger partial charge in [-0.3, -0.25) is 5.10 Å². The van der Waals surface area contributed by atoms with E-state index in [1.807, 2.05) is 6.07 Å². The molecule has 6 heteroatoms. The summed E-state index contributed by atoms with van der Waals surface area (Å²) >= 11 is 13.2. The van der Waals surface area contributed by atoms with Crippen LogP contribution in [0, 0.1) is 0 Å². The predicted molar refractivity (Wildman–Crippen MR) is 57.0 cm³/mol. The van der Waals surface area contributed by atoms with Crippen molar-refractivity contribution in [1.29, 1.82) is 0 Å². The van der Waals surface area contributed by atoms with Crippen molar-refractivity contribution in [2.75, 3.05) is 0 Å². The number of rotatable bonds is 2. The quantitative estimate of drug-likeness (QED) is 0.884. The molecule has 0 spiro atoms. The van der Waals surface area contributed by atoms with Crippen LogP contribution < -0.4 is 0 Å². The fourth-order valence-electron chi connectivity index (χ4n) is 0.906. The third-order valence-electron chi connectivity index (χ3n) is 1.49. The maximum absolute atomic E-state index is 5.98. The Morgan fingerprint density at radius 2 is 2.14 bits per heavy atom. The van der Waals surface area contributed by atoms with Crippen LogP contribution >= 0.6 is 35.0 Å². The van der Waals surface area contributed by atoms with E-state index in [1.54, 1.807) is 12.1 Å². The predicted octanol–water partition coefficient (Wildman–Crippen LogP) is 3.26. The van der Waals surface area contributed by atoms with Crippen molar-refractivity contribution in [1.82, 2.24) is 15.2 Å². The van der Waals surface area contributed by atoms with E-state index in [1.165, 1.54) is 18.1 Å². The van der Waals surface area contributed by atoms with Gasteiger partial charge in [0.1, 0.15) is 6.33 Å². The van der Waals surface area contributed by atoms with Crippen LogP contribution in [0.25, 0.3) is 0 Å². The van der Waals surface area contributed by atoms with Crippen molar-refractivity contribution in [2.45, 2.75) is 10.1 Å². The lowest BCUT2D eigenvalue weighted by Crippen LogP contribution is -1.78. The standard InChI is InChI=1S/C8H5Cl2N3S/c9-5-1-2-7(6(10)3-5)14-8-11-4-12-13-8/h1-4H,(H,11,12,13). The minimum atomic E-state index is 0.610. The number of hydrogen-bond acceptors (Lipinski definition) is 3. The molecule has 0 bridgehead atoms. The summed E-state index contributed by atoms with van der Waals surface area (Å²) in [7, 11) is 0. The Kier molecular flexibility index (Phi) is 2.96. The number of H-pyrrole nitrogens is 1. The Morgan fingerprint density at radius 1 is 1.29 bits per heavy atom. The molecule has 2 rings (SSSR count). The molecule has 72 valence electrons. The molecule has 2 aromatic rings. The maximum Gasteiger partial charge on any atom is 0.188 e. The molecule has 0 saturated heterocycles. The maximum atomic E-state index is 5.98. The molecule has 0 radical (unpaired) electrons. The zero-order valence-electron chi connectivity index (χ0n) is 6.87. The summed E-state index contributed by atoms with van der Waals surface area (Å²) < 4.78 is 0. The highest BCUT2D eigenvalue weighted by Gasteiger charge is 2.04. The molecule has 0 amide bonds. The van der Waals surface area contributed by atoms with Gasteiger partial charge in [-0.1, -0.05) is 23.2 Å². The zero-order valence-corrected chi connectivity index (χ0v) is 9.20. The first kappa shape index (κ1) is 9.83. The van der Waals surface area contributed by atoms with E-state index in [4.69, 9.17) is 23.2 Å². The fraction of sp³-hybridized carbons (Fsp3) is 0. The third kappa shape index (κ3) is 2.20. The normalized spacial score (nSPS) is 10.4. The molecule has 1 N–H and O–H groups in total. The van der Waals surface area contributed by atoms with Gasteiger partial charge in [0, 0.05) is 9.92 Å². The van der Waals surface area contributed by atoms with Crippen molar-refractivity contribution in [3.8, 4) is 0 Å². The Hall–Kier alpha value is -0.710. The van der Waals surface area contributed by atoms with E-state index in [0.717, 1.165) is 4.90 Å². The van der Waals surface area contributed by atoms with Crippen molar-refractivity contribution in [3.05, 3.63) is 34.6 Å². The van der Waals surface area contributed by atoms with Crippen LogP contribution in [-0.4, -0.2) is 15.2 Å². The summed E-state index contributed by atoms with van der Waals surface area (Å²) in [4.78, 5) is 4.88. The monoisotopic (exact) mass is 245 g/mol. The zero-order chi connectivity index (χ0) is 9.97. The topological polar surface area (TPSA) is 41.6 Å². The number of nitrogens with one attached hydrogen (secondary N) is 1. The summed E-state index contributed by atoms with van der Waals surface area (Å²) in [6.07, 6.45) is 1.45. The van der Waals surface area contributed by atoms with Gasteiger partial charge in [0.05, 0.1) is 5.02 Å². The van der Waals surface area contributed by atoms with Gasteiger partial charge in [0.15, 0.2) is 5.16 Å². The van der Waals surface area contributed by atoms with Gasteiger partial charge in [-0.05, 0) is 30.0 Å². The van der Waals surface area contributed by atoms with E-state index < -0.39 is 0 Å². The Balaban J connectivity index is 2.25. The highest BCUT2D eigenvalue weighted by atomic mass is 35.5. The first-order valence-corrected chi connectivity index (χ1v) is 5.31. The lowest BCUT2D eigenvalue weighted by atomic mass is 10.4. The van der Waals surface area contributed by atoms with Crippen molar-refractivity contribution in [2.24, 2.45) is 0 Å². The molecule has 0 unspecified atom stereocenters. The molecule has 14 heavy (non-hydrogen) atoms. The van der Waals surface area contributed by atoms with Crippen molar-refractivity contribution >= 4 is 35.0 Å². The van der Waals surface area contributed by atoms with Crippen LogP contribution in [0.15, 0.2) is 34.6 Å². The molecule has 0 fully saturated rings. The second-order valence-electron chi connectivity index (χ2n) is 2.47. The van der Waals surface area contributed by atoms with Crippen LogP contribution in [0.5, 0.6) is 0 Å².